The predicted octanol–water partition coefficient (Wildman–Crippen LogP) is 2.85. The van der Waals surface area contributed by atoms with E-state index in [2.05, 4.69) is 13.0 Å². The molecule has 26 heavy (non-hydrogen) atoms. The van der Waals surface area contributed by atoms with Gasteiger partial charge < -0.3 is 4.90 Å². The van der Waals surface area contributed by atoms with Crippen LogP contribution in [0, 0.1) is 28.6 Å². The second kappa shape index (κ2) is 4.85. The van der Waals surface area contributed by atoms with Gasteiger partial charge in [-0.1, -0.05) is 18.6 Å². The number of likely N-dealkylation sites (tertiary alicyclic amines) is 1. The summed E-state index contributed by atoms with van der Waals surface area (Å²) in [6.07, 6.45) is 10.9. The van der Waals surface area contributed by atoms with Gasteiger partial charge in [0.1, 0.15) is 0 Å². The number of hydrogen-bond donors (Lipinski definition) is 0. The van der Waals surface area contributed by atoms with Gasteiger partial charge in [-0.15, -0.1) is 0 Å². The van der Waals surface area contributed by atoms with Crippen LogP contribution in [0.4, 0.5) is 0 Å². The van der Waals surface area contributed by atoms with Crippen molar-refractivity contribution in [2.45, 2.75) is 45.6 Å². The highest BCUT2D eigenvalue weighted by Gasteiger charge is 2.67. The summed E-state index contributed by atoms with van der Waals surface area (Å²) < 4.78 is 0. The zero-order chi connectivity index (χ0) is 18.4. The van der Waals surface area contributed by atoms with Gasteiger partial charge in [0.2, 0.25) is 5.91 Å². The molecule has 1 spiro atoms. The van der Waals surface area contributed by atoms with Crippen LogP contribution in [0.15, 0.2) is 35.5 Å². The normalized spacial score (nSPS) is 46.4. The van der Waals surface area contributed by atoms with E-state index in [4.69, 9.17) is 0 Å². The average molecular weight is 351 g/mol. The third kappa shape index (κ3) is 1.64. The number of allylic oxidation sites excluding steroid dienone is 5. The highest BCUT2D eigenvalue weighted by atomic mass is 16.2. The molecule has 2 saturated carbocycles. The largest absolute Gasteiger partial charge is 0.341 e. The third-order valence-corrected chi connectivity index (χ3v) is 8.28. The summed E-state index contributed by atoms with van der Waals surface area (Å²) in [7, 11) is 1.84. The molecule has 0 N–H and O–H groups in total. The van der Waals surface area contributed by atoms with Crippen molar-refractivity contribution in [3.05, 3.63) is 35.5 Å². The first-order chi connectivity index (χ1) is 12.3. The minimum Gasteiger partial charge on any atom is -0.341 e. The Kier molecular flexibility index (Phi) is 3.02. The maximum absolute atomic E-state index is 13.2. The Bertz CT molecular complexity index is 849. The van der Waals surface area contributed by atoms with Crippen LogP contribution in [0.1, 0.15) is 39.5 Å². The first-order valence-electron chi connectivity index (χ1n) is 9.78. The van der Waals surface area contributed by atoms with Crippen molar-refractivity contribution in [2.24, 2.45) is 28.6 Å². The molecular weight excluding hydrogens is 326 g/mol. The van der Waals surface area contributed by atoms with Crippen LogP contribution < -0.4 is 0 Å². The molecule has 0 bridgehead atoms. The van der Waals surface area contributed by atoms with Crippen LogP contribution in [0.3, 0.4) is 0 Å². The molecule has 6 unspecified atom stereocenters. The second-order valence-electron chi connectivity index (χ2n) is 9.09. The first-order valence-corrected chi connectivity index (χ1v) is 9.78. The van der Waals surface area contributed by atoms with Crippen molar-refractivity contribution in [1.82, 2.24) is 4.90 Å². The molecule has 0 aromatic rings. The summed E-state index contributed by atoms with van der Waals surface area (Å²) >= 11 is 0. The lowest BCUT2D eigenvalue weighted by molar-refractivity contribution is -0.137. The number of fused-ring (bicyclic) bond motifs is 4. The standard InChI is InChI=1S/C22H25NO3/c1-12-19-18(25)11-17-15-5-4-13-10-14(24)6-8-21(13,2)16(15)7-9-22(17,19)20(26)23(12)3/h6,8,10-12,15-16,19H,4-5,7,9H2,1-3H3. The van der Waals surface area contributed by atoms with Gasteiger partial charge in [0.05, 0.1) is 11.3 Å². The highest BCUT2D eigenvalue weighted by Crippen LogP contribution is 2.66. The monoisotopic (exact) mass is 351 g/mol. The Morgan fingerprint density at radius 1 is 1.15 bits per heavy atom. The summed E-state index contributed by atoms with van der Waals surface area (Å²) in [4.78, 5) is 39.8. The fraction of sp³-hybridized carbons (Fsp3) is 0.591. The van der Waals surface area contributed by atoms with Crippen LogP contribution in [-0.2, 0) is 14.4 Å². The summed E-state index contributed by atoms with van der Waals surface area (Å²) in [5, 5.41) is 0. The predicted molar refractivity (Wildman–Crippen MR) is 97.0 cm³/mol. The number of carbonyl (C=O) groups excluding carboxylic acids is 3. The quantitative estimate of drug-likeness (QED) is 0.674. The smallest absolute Gasteiger partial charge is 0.233 e. The maximum atomic E-state index is 13.2. The molecule has 1 saturated heterocycles. The van der Waals surface area contributed by atoms with Gasteiger partial charge in [0.15, 0.2) is 11.6 Å². The van der Waals surface area contributed by atoms with Crippen LogP contribution in [0.25, 0.3) is 0 Å². The Labute approximate surface area is 154 Å². The van der Waals surface area contributed by atoms with Gasteiger partial charge in [-0.25, -0.2) is 0 Å². The van der Waals surface area contributed by atoms with Crippen LogP contribution in [0.2, 0.25) is 0 Å². The van der Waals surface area contributed by atoms with E-state index in [0.29, 0.717) is 5.92 Å². The second-order valence-corrected chi connectivity index (χ2v) is 9.09. The summed E-state index contributed by atoms with van der Waals surface area (Å²) in [5.41, 5.74) is 1.63. The maximum Gasteiger partial charge on any atom is 0.233 e. The molecule has 4 heteroatoms. The Morgan fingerprint density at radius 2 is 1.92 bits per heavy atom. The van der Waals surface area contributed by atoms with Crippen molar-refractivity contribution < 1.29 is 14.4 Å². The Balaban J connectivity index is 1.60. The van der Waals surface area contributed by atoms with Crippen molar-refractivity contribution >= 4 is 17.5 Å². The topological polar surface area (TPSA) is 54.5 Å². The minimum absolute atomic E-state index is 0.0258. The van der Waals surface area contributed by atoms with Gasteiger partial charge in [0, 0.05) is 18.5 Å². The van der Waals surface area contributed by atoms with Gasteiger partial charge >= 0.3 is 0 Å². The van der Waals surface area contributed by atoms with Crippen molar-refractivity contribution in [1.29, 1.82) is 0 Å². The number of nitrogens with zero attached hydrogens (tertiary/aromatic N) is 1. The van der Waals surface area contributed by atoms with E-state index < -0.39 is 5.41 Å². The molecule has 136 valence electrons. The van der Waals surface area contributed by atoms with Crippen molar-refractivity contribution in [2.75, 3.05) is 7.05 Å². The molecule has 4 nitrogen and oxygen atoms in total. The molecule has 0 aromatic carbocycles. The van der Waals surface area contributed by atoms with E-state index in [-0.39, 0.29) is 40.8 Å². The summed E-state index contributed by atoms with van der Waals surface area (Å²) in [5.74, 6) is 0.798. The number of carbonyl (C=O) groups is 3. The molecule has 5 aliphatic rings. The molecular formula is C22H25NO3. The molecule has 1 heterocycles. The first kappa shape index (κ1) is 16.2. The number of amides is 1. The van der Waals surface area contributed by atoms with Crippen LogP contribution in [0.5, 0.6) is 0 Å². The van der Waals surface area contributed by atoms with Crippen molar-refractivity contribution in [3.63, 3.8) is 0 Å². The summed E-state index contributed by atoms with van der Waals surface area (Å²) in [6, 6.07) is -0.0258. The molecule has 0 radical (unpaired) electrons. The number of rotatable bonds is 0. The number of hydrogen-bond acceptors (Lipinski definition) is 3. The van der Waals surface area contributed by atoms with E-state index in [0.717, 1.165) is 31.3 Å². The van der Waals surface area contributed by atoms with Gasteiger partial charge in [-0.2, -0.15) is 0 Å². The third-order valence-electron chi connectivity index (χ3n) is 8.28. The molecule has 1 amide bonds. The van der Waals surface area contributed by atoms with E-state index in [1.807, 2.05) is 26.1 Å². The van der Waals surface area contributed by atoms with E-state index in [1.54, 1.807) is 11.0 Å². The molecule has 6 atom stereocenters. The molecule has 4 aliphatic carbocycles. The van der Waals surface area contributed by atoms with Gasteiger partial charge in [0.25, 0.3) is 0 Å². The lowest BCUT2D eigenvalue weighted by Gasteiger charge is -2.54. The van der Waals surface area contributed by atoms with E-state index >= 15 is 0 Å². The van der Waals surface area contributed by atoms with E-state index in [1.165, 1.54) is 5.57 Å². The zero-order valence-electron chi connectivity index (χ0n) is 15.6. The van der Waals surface area contributed by atoms with E-state index in [9.17, 15) is 14.4 Å². The highest BCUT2D eigenvalue weighted by molar-refractivity contribution is 6.07. The SMILES string of the molecule is CC1C2C(=O)C=C3C4CCC5=CC(=O)C=CC5(C)C4CCC32C(=O)N1C. The van der Waals surface area contributed by atoms with Gasteiger partial charge in [-0.3, -0.25) is 14.4 Å². The molecule has 1 aliphatic heterocycles. The Hall–Kier alpha value is -1.97. The fourth-order valence-electron chi connectivity index (χ4n) is 6.90. The van der Waals surface area contributed by atoms with Gasteiger partial charge in [-0.05, 0) is 68.2 Å². The number of ketones is 2. The lowest BCUT2D eigenvalue weighted by atomic mass is 9.49. The minimum atomic E-state index is -0.585. The molecule has 3 fully saturated rings. The molecule has 5 rings (SSSR count). The lowest BCUT2D eigenvalue weighted by Crippen LogP contribution is -2.49. The average Bonchev–Trinajstić information content (AvgIpc) is 3.02. The Morgan fingerprint density at radius 3 is 2.69 bits per heavy atom. The fourth-order valence-corrected chi connectivity index (χ4v) is 6.90. The van der Waals surface area contributed by atoms with Crippen LogP contribution in [-0.4, -0.2) is 35.5 Å². The van der Waals surface area contributed by atoms with Crippen molar-refractivity contribution in [3.8, 4) is 0 Å². The zero-order valence-corrected chi connectivity index (χ0v) is 15.6. The summed E-state index contributed by atoms with van der Waals surface area (Å²) in [6.45, 7) is 4.24. The molecule has 0 aromatic heterocycles. The van der Waals surface area contributed by atoms with Crippen LogP contribution >= 0.6 is 0 Å².